The second-order valence-corrected chi connectivity index (χ2v) is 6.83. The molecule has 1 aliphatic rings. The first-order valence-electron chi connectivity index (χ1n) is 8.88. The number of guanidine groups is 1. The maximum Gasteiger partial charge on any atom is 0.433 e. The fraction of sp³-hybridized carbons (Fsp3) is 0.150. The van der Waals surface area contributed by atoms with Gasteiger partial charge in [-0.25, -0.2) is 9.38 Å². The zero-order valence-corrected chi connectivity index (χ0v) is 15.9. The second kappa shape index (κ2) is 7.11. The summed E-state index contributed by atoms with van der Waals surface area (Å²) in [5, 5.41) is 7.41. The zero-order chi connectivity index (χ0) is 22.4. The summed E-state index contributed by atoms with van der Waals surface area (Å²) in [6.07, 6.45) is -1.04. The van der Waals surface area contributed by atoms with Crippen molar-refractivity contribution < 1.29 is 22.4 Å². The van der Waals surface area contributed by atoms with Gasteiger partial charge in [0.05, 0.1) is 12.4 Å². The Morgan fingerprint density at radius 1 is 1.00 bits per heavy atom. The van der Waals surface area contributed by atoms with Crippen LogP contribution in [0.5, 0.6) is 0 Å². The van der Waals surface area contributed by atoms with E-state index in [-0.39, 0.29) is 17.1 Å². The van der Waals surface area contributed by atoms with E-state index in [1.54, 1.807) is 6.07 Å². The van der Waals surface area contributed by atoms with Crippen LogP contribution in [0.3, 0.4) is 0 Å². The number of aliphatic imine (C=N–C) groups is 1. The number of amides is 1. The quantitative estimate of drug-likeness (QED) is 0.645. The van der Waals surface area contributed by atoms with Crippen molar-refractivity contribution in [2.45, 2.75) is 11.7 Å². The maximum atomic E-state index is 14.6. The highest BCUT2D eigenvalue weighted by Gasteiger charge is 2.50. The highest BCUT2D eigenvalue weighted by atomic mass is 19.4. The van der Waals surface area contributed by atoms with Gasteiger partial charge in [0.25, 0.3) is 5.91 Å². The Bertz CT molecular complexity index is 1200. The number of carbonyl (C=O) groups is 1. The monoisotopic (exact) mass is 430 g/mol. The molecule has 1 amide bonds. The van der Waals surface area contributed by atoms with Crippen LogP contribution in [0.1, 0.15) is 16.8 Å². The number of halogens is 4. The summed E-state index contributed by atoms with van der Waals surface area (Å²) < 4.78 is 54.5. The number of rotatable bonds is 3. The molecule has 1 unspecified atom stereocenters. The van der Waals surface area contributed by atoms with E-state index in [0.717, 1.165) is 17.2 Å². The van der Waals surface area contributed by atoms with Gasteiger partial charge in [0.15, 0.2) is 11.5 Å². The number of carbonyl (C=O) groups excluding carboxylic acids is 1. The van der Waals surface area contributed by atoms with Crippen molar-refractivity contribution in [2.24, 2.45) is 10.7 Å². The average molecular weight is 430 g/mol. The number of nitrogens with two attached hydrogens (primary N) is 1. The summed E-state index contributed by atoms with van der Waals surface area (Å²) in [5.41, 5.74) is 3.31. The van der Waals surface area contributed by atoms with Gasteiger partial charge in [0.2, 0.25) is 0 Å². The third kappa shape index (κ3) is 3.37. The number of aromatic nitrogens is 3. The van der Waals surface area contributed by atoms with E-state index in [9.17, 15) is 22.4 Å². The van der Waals surface area contributed by atoms with E-state index in [0.29, 0.717) is 17.2 Å². The van der Waals surface area contributed by atoms with Gasteiger partial charge in [-0.3, -0.25) is 14.7 Å². The topological polar surface area (TPSA) is 97.4 Å². The van der Waals surface area contributed by atoms with Crippen molar-refractivity contribution in [3.05, 3.63) is 77.6 Å². The van der Waals surface area contributed by atoms with E-state index < -0.39 is 29.1 Å². The number of hydrogen-bond donors (Lipinski definition) is 1. The lowest BCUT2D eigenvalue weighted by Gasteiger charge is -2.27. The molecule has 0 spiro atoms. The third-order valence-electron chi connectivity index (χ3n) is 4.94. The molecule has 2 aromatic heterocycles. The Morgan fingerprint density at radius 2 is 1.77 bits per heavy atom. The van der Waals surface area contributed by atoms with E-state index in [2.05, 4.69) is 20.2 Å². The van der Waals surface area contributed by atoms with Crippen LogP contribution < -0.4 is 5.73 Å². The third-order valence-corrected chi connectivity index (χ3v) is 4.94. The van der Waals surface area contributed by atoms with Gasteiger partial charge < -0.3 is 5.73 Å². The smallest absolute Gasteiger partial charge is 0.369 e. The average Bonchev–Trinajstić information content (AvgIpc) is 2.98. The Labute approximate surface area is 173 Å². The molecule has 3 heterocycles. The predicted molar refractivity (Wildman–Crippen MR) is 102 cm³/mol. The van der Waals surface area contributed by atoms with Gasteiger partial charge in [-0.05, 0) is 53.1 Å². The molecule has 7 nitrogen and oxygen atoms in total. The summed E-state index contributed by atoms with van der Waals surface area (Å²) in [6.45, 7) is 0. The van der Waals surface area contributed by atoms with Crippen LogP contribution in [0.2, 0.25) is 0 Å². The zero-order valence-electron chi connectivity index (χ0n) is 15.9. The maximum absolute atomic E-state index is 14.6. The highest BCUT2D eigenvalue weighted by Crippen LogP contribution is 2.42. The number of hydrogen-bond acceptors (Lipinski definition) is 6. The first kappa shape index (κ1) is 20.4. The van der Waals surface area contributed by atoms with E-state index in [4.69, 9.17) is 5.73 Å². The lowest BCUT2D eigenvalue weighted by atomic mass is 9.81. The number of benzene rings is 1. The van der Waals surface area contributed by atoms with E-state index in [1.807, 2.05) is 0 Å². The molecular weight excluding hydrogens is 416 g/mol. The van der Waals surface area contributed by atoms with Crippen LogP contribution in [-0.2, 0) is 16.5 Å². The number of nitrogens with zero attached hydrogens (tertiary/aromatic N) is 5. The second-order valence-electron chi connectivity index (χ2n) is 6.83. The minimum absolute atomic E-state index is 0.0101. The molecule has 158 valence electrons. The van der Waals surface area contributed by atoms with Crippen molar-refractivity contribution in [2.75, 3.05) is 7.05 Å². The molecule has 4 rings (SSSR count). The normalized spacial score (nSPS) is 18.9. The largest absolute Gasteiger partial charge is 0.433 e. The summed E-state index contributed by atoms with van der Waals surface area (Å²) in [7, 11) is 1.34. The van der Waals surface area contributed by atoms with Crippen LogP contribution in [-0.4, -0.2) is 39.0 Å². The molecule has 0 saturated heterocycles. The minimum atomic E-state index is -4.75. The lowest BCUT2D eigenvalue weighted by molar-refractivity contribution is -0.141. The molecule has 0 fully saturated rings. The predicted octanol–water partition coefficient (Wildman–Crippen LogP) is 2.73. The summed E-state index contributed by atoms with van der Waals surface area (Å²) in [6, 6.07) is 7.22. The molecule has 2 N–H and O–H groups in total. The van der Waals surface area contributed by atoms with Gasteiger partial charge >= 0.3 is 6.18 Å². The van der Waals surface area contributed by atoms with Gasteiger partial charge in [-0.2, -0.15) is 23.4 Å². The van der Waals surface area contributed by atoms with Crippen LogP contribution in [0, 0.1) is 5.82 Å². The van der Waals surface area contributed by atoms with Crippen LogP contribution in [0.4, 0.5) is 17.6 Å². The number of alkyl halides is 3. The fourth-order valence-corrected chi connectivity index (χ4v) is 3.42. The molecule has 1 aliphatic heterocycles. The van der Waals surface area contributed by atoms with Crippen LogP contribution >= 0.6 is 0 Å². The standard InChI is InChI=1S/C20H14F4N6O/c1-30-17(31)19(29-18(30)25,13-3-4-26-16(9-13)20(22,23)24)14-6-12(7-15(21)8-14)11-2-5-27-28-10-11/h2-10H,1H3,(H2,25,29). The Kier molecular flexibility index (Phi) is 4.68. The SMILES string of the molecule is CN1C(=O)C(c2cc(F)cc(-c3ccnnc3)c2)(c2ccnc(C(F)(F)F)c2)N=C1N. The van der Waals surface area contributed by atoms with Crippen molar-refractivity contribution in [3.63, 3.8) is 0 Å². The highest BCUT2D eigenvalue weighted by molar-refractivity contribution is 6.09. The summed E-state index contributed by atoms with van der Waals surface area (Å²) >= 11 is 0. The molecule has 11 heteroatoms. The van der Waals surface area contributed by atoms with Gasteiger partial charge in [0, 0.05) is 18.8 Å². The molecule has 3 aromatic rings. The van der Waals surface area contributed by atoms with E-state index in [1.165, 1.54) is 37.6 Å². The molecule has 0 saturated carbocycles. The Morgan fingerprint density at radius 3 is 2.39 bits per heavy atom. The number of likely N-dealkylation sites (N-methyl/N-ethyl adjacent to an activating group) is 1. The Balaban J connectivity index is 1.99. The number of pyridine rings is 1. The lowest BCUT2D eigenvalue weighted by Crippen LogP contribution is -2.41. The van der Waals surface area contributed by atoms with Gasteiger partial charge in [-0.1, -0.05) is 0 Å². The molecule has 1 atom stereocenters. The molecule has 0 aliphatic carbocycles. The van der Waals surface area contributed by atoms with Crippen LogP contribution in [0.15, 0.2) is 60.0 Å². The fourth-order valence-electron chi connectivity index (χ4n) is 3.42. The first-order chi connectivity index (χ1) is 14.6. The van der Waals surface area contributed by atoms with Crippen molar-refractivity contribution >= 4 is 11.9 Å². The molecule has 31 heavy (non-hydrogen) atoms. The Hall–Kier alpha value is -3.89. The molecule has 0 bridgehead atoms. The van der Waals surface area contributed by atoms with Crippen LogP contribution in [0.25, 0.3) is 11.1 Å². The van der Waals surface area contributed by atoms with Gasteiger partial charge in [0.1, 0.15) is 11.5 Å². The molecule has 0 radical (unpaired) electrons. The van der Waals surface area contributed by atoms with Crippen molar-refractivity contribution in [1.29, 1.82) is 0 Å². The summed E-state index contributed by atoms with van der Waals surface area (Å²) in [4.78, 5) is 21.8. The molecule has 1 aromatic carbocycles. The minimum Gasteiger partial charge on any atom is -0.369 e. The molecular formula is C20H14F4N6O. The summed E-state index contributed by atoms with van der Waals surface area (Å²) in [5.74, 6) is -1.66. The van der Waals surface area contributed by atoms with Crippen molar-refractivity contribution in [3.8, 4) is 11.1 Å². The van der Waals surface area contributed by atoms with Crippen molar-refractivity contribution in [1.82, 2.24) is 20.1 Å². The van der Waals surface area contributed by atoms with E-state index >= 15 is 0 Å². The first-order valence-corrected chi connectivity index (χ1v) is 8.88. The van der Waals surface area contributed by atoms with Gasteiger partial charge in [-0.15, -0.1) is 0 Å².